The molecule has 1 N–H and O–H groups in total. The van der Waals surface area contributed by atoms with E-state index < -0.39 is 0 Å². The summed E-state index contributed by atoms with van der Waals surface area (Å²) >= 11 is 0. The average Bonchev–Trinajstić information content (AvgIpc) is 3.02. The van der Waals surface area contributed by atoms with E-state index in [-0.39, 0.29) is 0 Å². The van der Waals surface area contributed by atoms with Crippen LogP contribution in [0.15, 0.2) is 36.7 Å². The van der Waals surface area contributed by atoms with Crippen molar-refractivity contribution < 1.29 is 4.74 Å². The number of methoxy groups -OCH3 is 1. The third-order valence-corrected chi connectivity index (χ3v) is 3.94. The third kappa shape index (κ3) is 3.96. The summed E-state index contributed by atoms with van der Waals surface area (Å²) in [4.78, 5) is 10.6. The second-order valence-electron chi connectivity index (χ2n) is 5.62. The fourth-order valence-corrected chi connectivity index (χ4v) is 2.83. The van der Waals surface area contributed by atoms with Gasteiger partial charge in [0, 0.05) is 31.7 Å². The number of ether oxygens (including phenoxy) is 1. The highest BCUT2D eigenvalue weighted by molar-refractivity contribution is 5.38. The Morgan fingerprint density at radius 1 is 1.39 bits per heavy atom. The summed E-state index contributed by atoms with van der Waals surface area (Å²) in [5, 5.41) is 12.4. The van der Waals surface area contributed by atoms with Gasteiger partial charge in [0.25, 0.3) is 0 Å². The molecule has 118 valence electrons. The van der Waals surface area contributed by atoms with Crippen LogP contribution in [0.1, 0.15) is 17.5 Å². The van der Waals surface area contributed by atoms with Crippen molar-refractivity contribution in [2.45, 2.75) is 19.0 Å². The predicted molar refractivity (Wildman–Crippen MR) is 87.0 cm³/mol. The van der Waals surface area contributed by atoms with Crippen LogP contribution < -0.4 is 10.1 Å². The van der Waals surface area contributed by atoms with E-state index >= 15 is 0 Å². The molecule has 1 atom stereocenters. The number of anilines is 1. The molecule has 2 aromatic rings. The third-order valence-electron chi connectivity index (χ3n) is 3.94. The van der Waals surface area contributed by atoms with E-state index in [0.717, 1.165) is 31.9 Å². The lowest BCUT2D eigenvalue weighted by atomic mass is 10.1. The van der Waals surface area contributed by atoms with Gasteiger partial charge in [0.2, 0.25) is 5.88 Å². The first kappa shape index (κ1) is 15.3. The van der Waals surface area contributed by atoms with Gasteiger partial charge >= 0.3 is 0 Å². The molecule has 3 rings (SSSR count). The Labute approximate surface area is 135 Å². The van der Waals surface area contributed by atoms with E-state index in [9.17, 15) is 0 Å². The lowest BCUT2D eigenvalue weighted by Crippen LogP contribution is -2.26. The van der Waals surface area contributed by atoms with Crippen molar-refractivity contribution in [1.29, 1.82) is 5.26 Å². The lowest BCUT2D eigenvalue weighted by Gasteiger charge is -2.17. The lowest BCUT2D eigenvalue weighted by molar-refractivity contribution is 0.328. The second kappa shape index (κ2) is 7.07. The molecule has 6 heteroatoms. The molecule has 0 spiro atoms. The number of hydrogen-bond acceptors (Lipinski definition) is 6. The smallest absolute Gasteiger partial charge is 0.218 e. The number of benzene rings is 1. The van der Waals surface area contributed by atoms with E-state index in [4.69, 9.17) is 10.00 Å². The van der Waals surface area contributed by atoms with Crippen LogP contribution in [0.2, 0.25) is 0 Å². The normalized spacial score (nSPS) is 17.7. The first-order valence-electron chi connectivity index (χ1n) is 7.61. The second-order valence-corrected chi connectivity index (χ2v) is 5.62. The average molecular weight is 309 g/mol. The molecule has 0 radical (unpaired) electrons. The van der Waals surface area contributed by atoms with E-state index in [1.807, 2.05) is 18.2 Å². The minimum absolute atomic E-state index is 0.355. The molecule has 6 nitrogen and oxygen atoms in total. The van der Waals surface area contributed by atoms with Crippen LogP contribution in [0.4, 0.5) is 5.82 Å². The van der Waals surface area contributed by atoms with Gasteiger partial charge in [0.05, 0.1) is 18.7 Å². The molecule has 1 aromatic heterocycles. The van der Waals surface area contributed by atoms with Crippen molar-refractivity contribution in [3.63, 3.8) is 0 Å². The first-order chi connectivity index (χ1) is 11.3. The summed E-state index contributed by atoms with van der Waals surface area (Å²) < 4.78 is 5.11. The summed E-state index contributed by atoms with van der Waals surface area (Å²) in [6.45, 7) is 2.83. The van der Waals surface area contributed by atoms with Gasteiger partial charge < -0.3 is 10.1 Å². The molecule has 0 aliphatic carbocycles. The number of nitrogens with one attached hydrogen (secondary N) is 1. The van der Waals surface area contributed by atoms with Crippen molar-refractivity contribution in [3.8, 4) is 11.9 Å². The zero-order valence-corrected chi connectivity index (χ0v) is 13.1. The van der Waals surface area contributed by atoms with Crippen molar-refractivity contribution in [2.24, 2.45) is 0 Å². The quantitative estimate of drug-likeness (QED) is 0.911. The molecule has 1 saturated heterocycles. The Morgan fingerprint density at radius 3 is 3.13 bits per heavy atom. The van der Waals surface area contributed by atoms with Gasteiger partial charge in [-0.1, -0.05) is 12.1 Å². The van der Waals surface area contributed by atoms with Crippen molar-refractivity contribution in [1.82, 2.24) is 14.9 Å². The number of aromatic nitrogens is 2. The summed E-state index contributed by atoms with van der Waals surface area (Å²) in [6.07, 6.45) is 2.56. The van der Waals surface area contributed by atoms with Gasteiger partial charge in [0.1, 0.15) is 12.1 Å². The minimum Gasteiger partial charge on any atom is -0.481 e. The minimum atomic E-state index is 0.355. The van der Waals surface area contributed by atoms with E-state index in [2.05, 4.69) is 32.3 Å². The number of nitriles is 1. The Bertz CT molecular complexity index is 712. The molecular weight excluding hydrogens is 290 g/mol. The zero-order valence-electron chi connectivity index (χ0n) is 13.1. The van der Waals surface area contributed by atoms with Crippen LogP contribution >= 0.6 is 0 Å². The zero-order chi connectivity index (χ0) is 16.1. The molecule has 23 heavy (non-hydrogen) atoms. The monoisotopic (exact) mass is 309 g/mol. The fourth-order valence-electron chi connectivity index (χ4n) is 2.83. The summed E-state index contributed by atoms with van der Waals surface area (Å²) in [6, 6.07) is 12.1. The van der Waals surface area contributed by atoms with E-state index in [0.29, 0.717) is 17.5 Å². The summed E-state index contributed by atoms with van der Waals surface area (Å²) in [7, 11) is 1.60. The fraction of sp³-hybridized carbons (Fsp3) is 0.353. The molecule has 0 saturated carbocycles. The van der Waals surface area contributed by atoms with Crippen LogP contribution in [0, 0.1) is 11.3 Å². The number of rotatable bonds is 5. The first-order valence-corrected chi connectivity index (χ1v) is 7.61. The summed E-state index contributed by atoms with van der Waals surface area (Å²) in [5.41, 5.74) is 1.89. The molecule has 1 aromatic carbocycles. The molecule has 1 unspecified atom stereocenters. The highest BCUT2D eigenvalue weighted by atomic mass is 16.5. The van der Waals surface area contributed by atoms with E-state index in [1.54, 1.807) is 13.2 Å². The SMILES string of the molecule is COc1cc(NC2CCN(Cc3cccc(C#N)c3)C2)ncn1. The Kier molecular flexibility index (Phi) is 4.69. The molecule has 0 amide bonds. The van der Waals surface area contributed by atoms with Gasteiger partial charge in [-0.3, -0.25) is 4.90 Å². The maximum Gasteiger partial charge on any atom is 0.218 e. The van der Waals surface area contributed by atoms with Crippen LogP contribution in [0.3, 0.4) is 0 Å². The van der Waals surface area contributed by atoms with Crippen molar-refractivity contribution in [3.05, 3.63) is 47.8 Å². The van der Waals surface area contributed by atoms with Gasteiger partial charge in [-0.25, -0.2) is 9.97 Å². The Balaban J connectivity index is 1.56. The van der Waals surface area contributed by atoms with Gasteiger partial charge in [-0.15, -0.1) is 0 Å². The maximum atomic E-state index is 8.98. The molecule has 0 bridgehead atoms. The highest BCUT2D eigenvalue weighted by Gasteiger charge is 2.22. The van der Waals surface area contributed by atoms with Crippen molar-refractivity contribution in [2.75, 3.05) is 25.5 Å². The number of likely N-dealkylation sites (tertiary alicyclic amines) is 1. The predicted octanol–water partition coefficient (Wildman–Crippen LogP) is 2.04. The standard InChI is InChI=1S/C17H19N5O/c1-23-17-8-16(19-12-20-17)21-15-5-6-22(11-15)10-14-4-2-3-13(7-14)9-18/h2-4,7-8,12,15H,5-6,10-11H2,1H3,(H,19,20,21). The number of nitrogens with zero attached hydrogens (tertiary/aromatic N) is 4. The number of hydrogen-bond donors (Lipinski definition) is 1. The van der Waals surface area contributed by atoms with Crippen LogP contribution in [0.25, 0.3) is 0 Å². The molecule has 1 aliphatic rings. The van der Waals surface area contributed by atoms with E-state index in [1.165, 1.54) is 11.9 Å². The topological polar surface area (TPSA) is 74.1 Å². The maximum absolute atomic E-state index is 8.98. The highest BCUT2D eigenvalue weighted by Crippen LogP contribution is 2.18. The van der Waals surface area contributed by atoms with Crippen LogP contribution in [-0.2, 0) is 6.54 Å². The summed E-state index contributed by atoms with van der Waals surface area (Å²) in [5.74, 6) is 1.35. The van der Waals surface area contributed by atoms with Gasteiger partial charge in [-0.05, 0) is 24.1 Å². The molecular formula is C17H19N5O. The van der Waals surface area contributed by atoms with Crippen molar-refractivity contribution >= 4 is 5.82 Å². The molecule has 1 aliphatic heterocycles. The van der Waals surface area contributed by atoms with Crippen LogP contribution in [-0.4, -0.2) is 41.1 Å². The van der Waals surface area contributed by atoms with Gasteiger partial charge in [0.15, 0.2) is 0 Å². The van der Waals surface area contributed by atoms with Crippen LogP contribution in [0.5, 0.6) is 5.88 Å². The molecule has 1 fully saturated rings. The van der Waals surface area contributed by atoms with Gasteiger partial charge in [-0.2, -0.15) is 5.26 Å². The molecule has 2 heterocycles. The Morgan fingerprint density at radius 2 is 2.30 bits per heavy atom. The Hall–Kier alpha value is -2.65. The largest absolute Gasteiger partial charge is 0.481 e.